The monoisotopic (exact) mass is 246 g/mol. The molecule has 4 heteroatoms. The largest absolute Gasteiger partial charge is 0.341 e. The van der Waals surface area contributed by atoms with Crippen molar-refractivity contribution in [2.24, 2.45) is 11.1 Å². The molecule has 0 aliphatic rings. The molecule has 4 nitrogen and oxygen atoms in total. The van der Waals surface area contributed by atoms with Crippen LogP contribution in [-0.4, -0.2) is 21.5 Å². The van der Waals surface area contributed by atoms with Gasteiger partial charge in [0.05, 0.1) is 5.52 Å². The van der Waals surface area contributed by atoms with E-state index in [-0.39, 0.29) is 5.41 Å². The minimum absolute atomic E-state index is 0.275. The van der Waals surface area contributed by atoms with Gasteiger partial charge >= 0.3 is 0 Å². The zero-order chi connectivity index (χ0) is 13.2. The number of imidazole rings is 1. The first kappa shape index (κ1) is 13.0. The Labute approximate surface area is 108 Å². The second-order valence-electron chi connectivity index (χ2n) is 5.77. The van der Waals surface area contributed by atoms with Crippen molar-refractivity contribution in [3.05, 3.63) is 23.7 Å². The van der Waals surface area contributed by atoms with Crippen molar-refractivity contribution >= 4 is 11.2 Å². The van der Waals surface area contributed by atoms with E-state index in [9.17, 15) is 0 Å². The maximum Gasteiger partial charge on any atom is 0.177 e. The quantitative estimate of drug-likeness (QED) is 0.852. The minimum atomic E-state index is 0.275. The number of pyridine rings is 1. The Hall–Kier alpha value is -1.42. The third-order valence-electron chi connectivity index (χ3n) is 3.38. The van der Waals surface area contributed by atoms with E-state index < -0.39 is 0 Å². The lowest BCUT2D eigenvalue weighted by Crippen LogP contribution is -2.18. The molecule has 18 heavy (non-hydrogen) atoms. The highest BCUT2D eigenvalue weighted by Gasteiger charge is 2.17. The average molecular weight is 246 g/mol. The number of fused-ring (bicyclic) bond motifs is 1. The lowest BCUT2D eigenvalue weighted by molar-refractivity contribution is 0.311. The van der Waals surface area contributed by atoms with Gasteiger partial charge in [0.2, 0.25) is 0 Å². The summed E-state index contributed by atoms with van der Waals surface area (Å²) in [6, 6.07) is 2.09. The summed E-state index contributed by atoms with van der Waals surface area (Å²) < 4.78 is 0. The standard InChI is InChI=1S/C14H22N4/c1-10-8-11-13(16-9-10)18-12(17-11)4-5-14(2,3)6-7-15/h8-9H,4-7,15H2,1-3H3,(H,16,17,18). The van der Waals surface area contributed by atoms with Gasteiger partial charge in [-0.1, -0.05) is 13.8 Å². The number of hydrogen-bond acceptors (Lipinski definition) is 3. The molecule has 0 aromatic carbocycles. The number of hydrogen-bond donors (Lipinski definition) is 2. The number of aryl methyl sites for hydroxylation is 2. The van der Waals surface area contributed by atoms with Crippen LogP contribution < -0.4 is 5.73 Å². The van der Waals surface area contributed by atoms with Crippen molar-refractivity contribution in [2.45, 2.75) is 40.0 Å². The number of nitrogens with two attached hydrogens (primary N) is 1. The molecular weight excluding hydrogens is 224 g/mol. The SMILES string of the molecule is Cc1cnc2nc(CCC(C)(C)CCN)[nH]c2c1. The molecule has 0 fully saturated rings. The Morgan fingerprint density at radius 1 is 1.33 bits per heavy atom. The Bertz CT molecular complexity index is 528. The molecule has 2 rings (SSSR count). The van der Waals surface area contributed by atoms with E-state index in [1.165, 1.54) is 0 Å². The van der Waals surface area contributed by atoms with Crippen molar-refractivity contribution < 1.29 is 0 Å². The highest BCUT2D eigenvalue weighted by molar-refractivity contribution is 5.70. The first-order chi connectivity index (χ1) is 8.50. The number of nitrogens with one attached hydrogen (secondary N) is 1. The Balaban J connectivity index is 2.08. The fourth-order valence-electron chi connectivity index (χ4n) is 2.15. The zero-order valence-electron chi connectivity index (χ0n) is 11.5. The first-order valence-electron chi connectivity index (χ1n) is 6.51. The van der Waals surface area contributed by atoms with Crippen LogP contribution in [0.25, 0.3) is 11.2 Å². The van der Waals surface area contributed by atoms with E-state index in [1.807, 2.05) is 13.1 Å². The van der Waals surface area contributed by atoms with Crippen LogP contribution in [0.4, 0.5) is 0 Å². The maximum absolute atomic E-state index is 5.63. The molecule has 2 heterocycles. The molecule has 2 aromatic heterocycles. The highest BCUT2D eigenvalue weighted by atomic mass is 15.0. The van der Waals surface area contributed by atoms with Gasteiger partial charge < -0.3 is 10.7 Å². The maximum atomic E-state index is 5.63. The van der Waals surface area contributed by atoms with Gasteiger partial charge in [0.25, 0.3) is 0 Å². The van der Waals surface area contributed by atoms with Crippen molar-refractivity contribution in [3.8, 4) is 0 Å². The molecule has 0 radical (unpaired) electrons. The summed E-state index contributed by atoms with van der Waals surface area (Å²) in [5.41, 5.74) is 8.90. The van der Waals surface area contributed by atoms with Crippen LogP contribution in [-0.2, 0) is 6.42 Å². The summed E-state index contributed by atoms with van der Waals surface area (Å²) in [6.45, 7) is 7.29. The molecule has 0 saturated heterocycles. The Morgan fingerprint density at radius 3 is 2.83 bits per heavy atom. The van der Waals surface area contributed by atoms with Gasteiger partial charge in [-0.3, -0.25) is 0 Å². The smallest absolute Gasteiger partial charge is 0.177 e. The molecule has 98 valence electrons. The van der Waals surface area contributed by atoms with Gasteiger partial charge in [0.1, 0.15) is 5.82 Å². The molecule has 0 aliphatic heterocycles. The fourth-order valence-corrected chi connectivity index (χ4v) is 2.15. The third kappa shape index (κ3) is 3.07. The fraction of sp³-hybridized carbons (Fsp3) is 0.571. The second-order valence-corrected chi connectivity index (χ2v) is 5.77. The van der Waals surface area contributed by atoms with Gasteiger partial charge in [-0.05, 0) is 43.4 Å². The Kier molecular flexibility index (Phi) is 3.66. The lowest BCUT2D eigenvalue weighted by atomic mass is 9.84. The summed E-state index contributed by atoms with van der Waals surface area (Å²) in [5.74, 6) is 1.02. The third-order valence-corrected chi connectivity index (χ3v) is 3.38. The number of H-pyrrole nitrogens is 1. The molecule has 0 unspecified atom stereocenters. The average Bonchev–Trinajstić information content (AvgIpc) is 2.68. The van der Waals surface area contributed by atoms with Crippen LogP contribution in [0.2, 0.25) is 0 Å². The van der Waals surface area contributed by atoms with Crippen LogP contribution in [0.15, 0.2) is 12.3 Å². The topological polar surface area (TPSA) is 67.6 Å². The van der Waals surface area contributed by atoms with Crippen molar-refractivity contribution in [1.29, 1.82) is 0 Å². The van der Waals surface area contributed by atoms with Crippen LogP contribution >= 0.6 is 0 Å². The van der Waals surface area contributed by atoms with E-state index in [0.29, 0.717) is 0 Å². The lowest BCUT2D eigenvalue weighted by Gasteiger charge is -2.22. The normalized spacial score (nSPS) is 12.2. The summed E-state index contributed by atoms with van der Waals surface area (Å²) in [6.07, 6.45) is 4.93. The van der Waals surface area contributed by atoms with Crippen LogP contribution in [0.3, 0.4) is 0 Å². The molecule has 0 bridgehead atoms. The van der Waals surface area contributed by atoms with Gasteiger partial charge in [0.15, 0.2) is 5.65 Å². The van der Waals surface area contributed by atoms with Gasteiger partial charge in [-0.25, -0.2) is 9.97 Å². The molecule has 0 spiro atoms. The molecule has 0 amide bonds. The van der Waals surface area contributed by atoms with Gasteiger partial charge in [-0.15, -0.1) is 0 Å². The minimum Gasteiger partial charge on any atom is -0.341 e. The number of aromatic nitrogens is 3. The van der Waals surface area contributed by atoms with E-state index in [0.717, 1.165) is 48.4 Å². The van der Waals surface area contributed by atoms with E-state index >= 15 is 0 Å². The summed E-state index contributed by atoms with van der Waals surface area (Å²) in [4.78, 5) is 12.2. The van der Waals surface area contributed by atoms with Crippen LogP contribution in [0.5, 0.6) is 0 Å². The van der Waals surface area contributed by atoms with E-state index in [1.54, 1.807) is 0 Å². The number of aromatic amines is 1. The van der Waals surface area contributed by atoms with E-state index in [2.05, 4.69) is 34.9 Å². The summed E-state index contributed by atoms with van der Waals surface area (Å²) in [7, 11) is 0. The van der Waals surface area contributed by atoms with Crippen molar-refractivity contribution in [1.82, 2.24) is 15.0 Å². The summed E-state index contributed by atoms with van der Waals surface area (Å²) in [5, 5.41) is 0. The molecule has 0 aliphatic carbocycles. The van der Waals surface area contributed by atoms with Crippen LogP contribution in [0, 0.1) is 12.3 Å². The van der Waals surface area contributed by atoms with Crippen LogP contribution in [0.1, 0.15) is 38.1 Å². The van der Waals surface area contributed by atoms with Gasteiger partial charge in [-0.2, -0.15) is 0 Å². The number of rotatable bonds is 5. The van der Waals surface area contributed by atoms with Gasteiger partial charge in [0, 0.05) is 12.6 Å². The number of nitrogens with zero attached hydrogens (tertiary/aromatic N) is 2. The molecule has 3 N–H and O–H groups in total. The predicted molar refractivity (Wildman–Crippen MR) is 74.4 cm³/mol. The highest BCUT2D eigenvalue weighted by Crippen LogP contribution is 2.26. The van der Waals surface area contributed by atoms with E-state index in [4.69, 9.17) is 5.73 Å². The molecule has 0 atom stereocenters. The summed E-state index contributed by atoms with van der Waals surface area (Å²) >= 11 is 0. The zero-order valence-corrected chi connectivity index (χ0v) is 11.5. The molecular formula is C14H22N4. The van der Waals surface area contributed by atoms with Crippen molar-refractivity contribution in [2.75, 3.05) is 6.54 Å². The second kappa shape index (κ2) is 5.06. The predicted octanol–water partition coefficient (Wildman–Crippen LogP) is 2.57. The molecule has 0 saturated carbocycles. The van der Waals surface area contributed by atoms with Crippen molar-refractivity contribution in [3.63, 3.8) is 0 Å². The first-order valence-corrected chi connectivity index (χ1v) is 6.51. The Morgan fingerprint density at radius 2 is 2.11 bits per heavy atom. The molecule has 2 aromatic rings.